The van der Waals surface area contributed by atoms with E-state index in [9.17, 15) is 0 Å². The van der Waals surface area contributed by atoms with E-state index in [0.29, 0.717) is 19.8 Å². The lowest BCUT2D eigenvalue weighted by Gasteiger charge is -2.07. The predicted molar refractivity (Wildman–Crippen MR) is 138 cm³/mol. The molecule has 0 aliphatic rings. The maximum absolute atomic E-state index is 8.60. The molecule has 2 rings (SSSR count). The molecule has 0 atom stereocenters. The zero-order chi connectivity index (χ0) is 24.1. The maximum atomic E-state index is 8.60. The van der Waals surface area contributed by atoms with Gasteiger partial charge in [-0.1, -0.05) is 51.2 Å². The van der Waals surface area contributed by atoms with Gasteiger partial charge in [-0.2, -0.15) is 10.2 Å². The largest absolute Gasteiger partial charge is 0.494 e. The molecule has 188 valence electrons. The van der Waals surface area contributed by atoms with E-state index in [1.165, 1.54) is 44.1 Å². The van der Waals surface area contributed by atoms with Crippen LogP contribution in [0.3, 0.4) is 0 Å². The number of aryl methyl sites for hydroxylation is 1. The molecule has 0 amide bonds. The van der Waals surface area contributed by atoms with Crippen LogP contribution in [0, 0.1) is 0 Å². The minimum atomic E-state index is 0.0687. The Bertz CT molecular complexity index is 763. The highest BCUT2D eigenvalue weighted by atomic mass is 16.5. The minimum Gasteiger partial charge on any atom is -0.494 e. The van der Waals surface area contributed by atoms with Crippen molar-refractivity contribution in [2.75, 3.05) is 39.6 Å². The van der Waals surface area contributed by atoms with Crippen LogP contribution in [-0.2, 0) is 15.9 Å². The SMILES string of the molecule is CCCCc1ccc(N=Nc2ccc(OCCCCCCCCOCCOCCO)cc2)cc1. The van der Waals surface area contributed by atoms with Crippen molar-refractivity contribution in [2.45, 2.75) is 64.7 Å². The smallest absolute Gasteiger partial charge is 0.119 e. The van der Waals surface area contributed by atoms with Crippen LogP contribution >= 0.6 is 0 Å². The van der Waals surface area contributed by atoms with E-state index in [0.717, 1.165) is 49.6 Å². The van der Waals surface area contributed by atoms with Gasteiger partial charge in [0.1, 0.15) is 5.75 Å². The third kappa shape index (κ3) is 13.4. The molecule has 2 aromatic carbocycles. The third-order valence-electron chi connectivity index (χ3n) is 5.43. The number of nitrogens with zero attached hydrogens (tertiary/aromatic N) is 2. The van der Waals surface area contributed by atoms with Crippen molar-refractivity contribution in [3.05, 3.63) is 54.1 Å². The minimum absolute atomic E-state index is 0.0687. The van der Waals surface area contributed by atoms with Gasteiger partial charge in [0.15, 0.2) is 0 Å². The number of azo groups is 1. The molecule has 0 saturated carbocycles. The van der Waals surface area contributed by atoms with E-state index in [1.807, 2.05) is 36.4 Å². The van der Waals surface area contributed by atoms with Crippen LogP contribution in [0.4, 0.5) is 11.4 Å². The van der Waals surface area contributed by atoms with E-state index in [4.69, 9.17) is 19.3 Å². The molecule has 0 fully saturated rings. The topological polar surface area (TPSA) is 72.6 Å². The second-order valence-electron chi connectivity index (χ2n) is 8.38. The van der Waals surface area contributed by atoms with Gasteiger partial charge in [-0.15, -0.1) is 0 Å². The van der Waals surface area contributed by atoms with Gasteiger partial charge in [-0.3, -0.25) is 0 Å². The fourth-order valence-electron chi connectivity index (χ4n) is 3.42. The van der Waals surface area contributed by atoms with Gasteiger partial charge in [-0.05, 0) is 67.6 Å². The Kier molecular flexibility index (Phi) is 15.7. The normalized spacial score (nSPS) is 11.4. The molecule has 0 aromatic heterocycles. The van der Waals surface area contributed by atoms with Crippen LogP contribution in [0.2, 0.25) is 0 Å². The van der Waals surface area contributed by atoms with Crippen molar-refractivity contribution >= 4 is 11.4 Å². The molecular formula is C28H42N2O4. The molecule has 6 heteroatoms. The lowest BCUT2D eigenvalue weighted by atomic mass is 10.1. The summed E-state index contributed by atoms with van der Waals surface area (Å²) in [4.78, 5) is 0. The fraction of sp³-hybridized carbons (Fsp3) is 0.571. The summed E-state index contributed by atoms with van der Waals surface area (Å²) in [7, 11) is 0. The predicted octanol–water partition coefficient (Wildman–Crippen LogP) is 7.19. The standard InChI is InChI=1S/C28H42N2O4/c1-2-3-10-25-11-13-26(14-12-25)29-30-27-15-17-28(18-16-27)34-21-9-7-5-4-6-8-20-32-23-24-33-22-19-31/h11-18,31H,2-10,19-24H2,1H3. The fourth-order valence-corrected chi connectivity index (χ4v) is 3.42. The number of aliphatic hydroxyl groups excluding tert-OH is 1. The second kappa shape index (κ2) is 19.1. The highest BCUT2D eigenvalue weighted by Crippen LogP contribution is 2.22. The summed E-state index contributed by atoms with van der Waals surface area (Å²) in [5, 5.41) is 17.3. The van der Waals surface area contributed by atoms with Crippen molar-refractivity contribution < 1.29 is 19.3 Å². The molecule has 0 bridgehead atoms. The first-order chi connectivity index (χ1) is 16.8. The molecule has 1 N–H and O–H groups in total. The molecule has 0 unspecified atom stereocenters. The first kappa shape index (κ1) is 28.0. The van der Waals surface area contributed by atoms with E-state index < -0.39 is 0 Å². The third-order valence-corrected chi connectivity index (χ3v) is 5.43. The van der Waals surface area contributed by atoms with Gasteiger partial charge in [0.05, 0.1) is 44.4 Å². The Morgan fingerprint density at radius 3 is 1.79 bits per heavy atom. The molecule has 2 aromatic rings. The summed E-state index contributed by atoms with van der Waals surface area (Å²) in [5.74, 6) is 0.874. The molecule has 0 aliphatic heterocycles. The number of rotatable bonds is 20. The summed E-state index contributed by atoms with van der Waals surface area (Å²) in [6.07, 6.45) is 10.5. The van der Waals surface area contributed by atoms with E-state index in [-0.39, 0.29) is 6.61 Å². The van der Waals surface area contributed by atoms with Crippen LogP contribution in [-0.4, -0.2) is 44.7 Å². The highest BCUT2D eigenvalue weighted by molar-refractivity contribution is 5.43. The van der Waals surface area contributed by atoms with Crippen LogP contribution < -0.4 is 4.74 Å². The van der Waals surface area contributed by atoms with Gasteiger partial charge in [0.25, 0.3) is 0 Å². The summed E-state index contributed by atoms with van der Waals surface area (Å²) < 4.78 is 16.5. The monoisotopic (exact) mass is 470 g/mol. The van der Waals surface area contributed by atoms with Crippen LogP contribution in [0.5, 0.6) is 5.75 Å². The number of hydrogen-bond acceptors (Lipinski definition) is 6. The van der Waals surface area contributed by atoms with Gasteiger partial charge in [-0.25, -0.2) is 0 Å². The van der Waals surface area contributed by atoms with Crippen molar-refractivity contribution in [1.29, 1.82) is 0 Å². The molecule has 0 radical (unpaired) electrons. The second-order valence-corrected chi connectivity index (χ2v) is 8.38. The molecule has 0 spiro atoms. The van der Waals surface area contributed by atoms with Crippen molar-refractivity contribution in [3.63, 3.8) is 0 Å². The first-order valence-electron chi connectivity index (χ1n) is 12.8. The van der Waals surface area contributed by atoms with Crippen molar-refractivity contribution in [1.82, 2.24) is 0 Å². The lowest BCUT2D eigenvalue weighted by molar-refractivity contribution is 0.0320. The van der Waals surface area contributed by atoms with E-state index in [1.54, 1.807) is 0 Å². The van der Waals surface area contributed by atoms with E-state index in [2.05, 4.69) is 29.3 Å². The highest BCUT2D eigenvalue weighted by Gasteiger charge is 1.98. The number of unbranched alkanes of at least 4 members (excludes halogenated alkanes) is 6. The zero-order valence-corrected chi connectivity index (χ0v) is 20.8. The van der Waals surface area contributed by atoms with Gasteiger partial charge in [0, 0.05) is 6.61 Å². The number of ether oxygens (including phenoxy) is 3. The molecule has 0 heterocycles. The van der Waals surface area contributed by atoms with Crippen LogP contribution in [0.25, 0.3) is 0 Å². The Labute approximate surface area is 205 Å². The van der Waals surface area contributed by atoms with Crippen LogP contribution in [0.1, 0.15) is 63.9 Å². The molecule has 6 nitrogen and oxygen atoms in total. The first-order valence-corrected chi connectivity index (χ1v) is 12.8. The molecule has 0 saturated heterocycles. The quantitative estimate of drug-likeness (QED) is 0.164. The number of hydrogen-bond donors (Lipinski definition) is 1. The van der Waals surface area contributed by atoms with Crippen molar-refractivity contribution in [3.8, 4) is 5.75 Å². The van der Waals surface area contributed by atoms with Crippen LogP contribution in [0.15, 0.2) is 58.8 Å². The van der Waals surface area contributed by atoms with Gasteiger partial charge >= 0.3 is 0 Å². The molecule has 34 heavy (non-hydrogen) atoms. The Balaban J connectivity index is 1.49. The molecular weight excluding hydrogens is 428 g/mol. The average Bonchev–Trinajstić information content (AvgIpc) is 2.87. The Morgan fingerprint density at radius 1 is 0.618 bits per heavy atom. The van der Waals surface area contributed by atoms with Gasteiger partial charge in [0.2, 0.25) is 0 Å². The summed E-state index contributed by atoms with van der Waals surface area (Å²) in [6.45, 7) is 5.35. The van der Waals surface area contributed by atoms with Gasteiger partial charge < -0.3 is 19.3 Å². The summed E-state index contributed by atoms with van der Waals surface area (Å²) in [6, 6.07) is 16.1. The lowest BCUT2D eigenvalue weighted by Crippen LogP contribution is -2.07. The maximum Gasteiger partial charge on any atom is 0.119 e. The zero-order valence-electron chi connectivity index (χ0n) is 20.8. The average molecular weight is 471 g/mol. The number of benzene rings is 2. The van der Waals surface area contributed by atoms with Crippen molar-refractivity contribution in [2.24, 2.45) is 10.2 Å². The molecule has 0 aliphatic carbocycles. The summed E-state index contributed by atoms with van der Waals surface area (Å²) in [5.41, 5.74) is 3.05. The summed E-state index contributed by atoms with van der Waals surface area (Å²) >= 11 is 0. The number of aliphatic hydroxyl groups is 1. The van der Waals surface area contributed by atoms with E-state index >= 15 is 0 Å². The Morgan fingerprint density at radius 2 is 1.18 bits per heavy atom. The Hall–Kier alpha value is -2.28.